The highest BCUT2D eigenvalue weighted by Crippen LogP contribution is 2.25. The largest absolute Gasteiger partial charge is 0.495 e. The molecule has 0 aromatic heterocycles. The molecule has 7 heteroatoms. The molecule has 0 atom stereocenters. The first kappa shape index (κ1) is 19.3. The minimum atomic E-state index is -0.654. The van der Waals surface area contributed by atoms with Crippen molar-refractivity contribution in [1.29, 1.82) is 0 Å². The van der Waals surface area contributed by atoms with Gasteiger partial charge in [0.05, 0.1) is 22.2 Å². The molecule has 0 saturated heterocycles. The van der Waals surface area contributed by atoms with Crippen LogP contribution in [0.2, 0.25) is 15.1 Å². The molecule has 25 heavy (non-hydrogen) atoms. The Bertz CT molecular complexity index is 831. The SMILES string of the molecule is COc1ccc(C(=O)COC(=O)/C=C/c2ccc(Cl)c(Cl)c2)cc1Cl. The van der Waals surface area contributed by atoms with Gasteiger partial charge in [-0.15, -0.1) is 0 Å². The van der Waals surface area contributed by atoms with Gasteiger partial charge in [0.25, 0.3) is 0 Å². The van der Waals surface area contributed by atoms with Gasteiger partial charge in [0, 0.05) is 11.6 Å². The number of rotatable bonds is 6. The normalized spacial score (nSPS) is 10.7. The molecule has 0 N–H and O–H groups in total. The van der Waals surface area contributed by atoms with Crippen LogP contribution in [0, 0.1) is 0 Å². The summed E-state index contributed by atoms with van der Waals surface area (Å²) in [5, 5.41) is 1.10. The Hall–Kier alpha value is -2.01. The fraction of sp³-hybridized carbons (Fsp3) is 0.111. The molecular weight excluding hydrogens is 387 g/mol. The molecule has 4 nitrogen and oxygen atoms in total. The topological polar surface area (TPSA) is 52.6 Å². The summed E-state index contributed by atoms with van der Waals surface area (Å²) < 4.78 is 9.93. The van der Waals surface area contributed by atoms with E-state index in [9.17, 15) is 9.59 Å². The van der Waals surface area contributed by atoms with Crippen LogP contribution >= 0.6 is 34.8 Å². The fourth-order valence-corrected chi connectivity index (χ4v) is 2.45. The van der Waals surface area contributed by atoms with E-state index >= 15 is 0 Å². The van der Waals surface area contributed by atoms with Crippen molar-refractivity contribution in [2.45, 2.75) is 0 Å². The first-order valence-corrected chi connectivity index (χ1v) is 8.20. The van der Waals surface area contributed by atoms with Crippen LogP contribution < -0.4 is 4.74 Å². The van der Waals surface area contributed by atoms with Gasteiger partial charge in [0.15, 0.2) is 12.4 Å². The van der Waals surface area contributed by atoms with Gasteiger partial charge in [0.2, 0.25) is 0 Å². The van der Waals surface area contributed by atoms with E-state index in [-0.39, 0.29) is 5.78 Å². The first-order valence-electron chi connectivity index (χ1n) is 7.07. The number of hydrogen-bond acceptors (Lipinski definition) is 4. The molecule has 130 valence electrons. The highest BCUT2D eigenvalue weighted by Gasteiger charge is 2.11. The van der Waals surface area contributed by atoms with E-state index in [1.54, 1.807) is 30.3 Å². The number of halogens is 3. The van der Waals surface area contributed by atoms with Gasteiger partial charge < -0.3 is 9.47 Å². The summed E-state index contributed by atoms with van der Waals surface area (Å²) in [6.07, 6.45) is 2.72. The van der Waals surface area contributed by atoms with Gasteiger partial charge in [0.1, 0.15) is 5.75 Å². The zero-order valence-corrected chi connectivity index (χ0v) is 15.4. The summed E-state index contributed by atoms with van der Waals surface area (Å²) in [4.78, 5) is 23.7. The van der Waals surface area contributed by atoms with Gasteiger partial charge in [-0.25, -0.2) is 4.79 Å². The monoisotopic (exact) mass is 398 g/mol. The third-order valence-corrected chi connectivity index (χ3v) is 4.21. The summed E-state index contributed by atoms with van der Waals surface area (Å²) in [7, 11) is 1.48. The minimum absolute atomic E-state index is 0.305. The van der Waals surface area contributed by atoms with Crippen molar-refractivity contribution in [3.63, 3.8) is 0 Å². The number of carbonyl (C=O) groups excluding carboxylic acids is 2. The second-order valence-electron chi connectivity index (χ2n) is 4.89. The molecule has 2 aromatic rings. The smallest absolute Gasteiger partial charge is 0.331 e. The van der Waals surface area contributed by atoms with E-state index < -0.39 is 12.6 Å². The number of hydrogen-bond donors (Lipinski definition) is 0. The first-order chi connectivity index (χ1) is 11.9. The quantitative estimate of drug-likeness (QED) is 0.385. The number of benzene rings is 2. The Kier molecular flexibility index (Phi) is 6.88. The molecule has 0 amide bonds. The molecule has 0 radical (unpaired) electrons. The molecular formula is C18H13Cl3O4. The molecule has 2 rings (SSSR count). The van der Waals surface area contributed by atoms with Crippen LogP contribution in [0.3, 0.4) is 0 Å². The lowest BCUT2D eigenvalue weighted by Crippen LogP contribution is -2.12. The zero-order valence-electron chi connectivity index (χ0n) is 13.1. The van der Waals surface area contributed by atoms with Crippen LogP contribution in [0.5, 0.6) is 5.75 Å². The predicted octanol–water partition coefficient (Wildman–Crippen LogP) is 5.09. The van der Waals surface area contributed by atoms with Crippen molar-refractivity contribution >= 4 is 52.6 Å². The maximum atomic E-state index is 12.0. The Labute approximate surface area is 159 Å². The second kappa shape index (κ2) is 8.90. The summed E-state index contributed by atoms with van der Waals surface area (Å²) >= 11 is 17.7. The summed E-state index contributed by atoms with van der Waals surface area (Å²) in [5.74, 6) is -0.570. The van der Waals surface area contributed by atoms with Gasteiger partial charge in [-0.2, -0.15) is 0 Å². The molecule has 0 spiro atoms. The van der Waals surface area contributed by atoms with Gasteiger partial charge in [-0.3, -0.25) is 4.79 Å². The molecule has 0 bridgehead atoms. The molecule has 0 fully saturated rings. The Morgan fingerprint density at radius 1 is 1.00 bits per heavy atom. The third-order valence-electron chi connectivity index (χ3n) is 3.17. The minimum Gasteiger partial charge on any atom is -0.495 e. The lowest BCUT2D eigenvalue weighted by atomic mass is 10.1. The van der Waals surface area contributed by atoms with Crippen LogP contribution in [0.1, 0.15) is 15.9 Å². The maximum Gasteiger partial charge on any atom is 0.331 e. The number of ether oxygens (including phenoxy) is 2. The van der Waals surface area contributed by atoms with Crippen LogP contribution in [0.15, 0.2) is 42.5 Å². The van der Waals surface area contributed by atoms with Crippen molar-refractivity contribution in [3.8, 4) is 5.75 Å². The molecule has 0 heterocycles. The molecule has 0 aliphatic carbocycles. The van der Waals surface area contributed by atoms with E-state index in [4.69, 9.17) is 44.3 Å². The van der Waals surface area contributed by atoms with Crippen molar-refractivity contribution in [2.24, 2.45) is 0 Å². The van der Waals surface area contributed by atoms with Crippen LogP contribution in [0.25, 0.3) is 6.08 Å². The van der Waals surface area contributed by atoms with E-state index in [1.807, 2.05) is 0 Å². The Balaban J connectivity index is 1.92. The average Bonchev–Trinajstić information content (AvgIpc) is 2.60. The molecule has 0 aliphatic heterocycles. The predicted molar refractivity (Wildman–Crippen MR) is 98.8 cm³/mol. The average molecular weight is 400 g/mol. The van der Waals surface area contributed by atoms with Crippen LogP contribution in [0.4, 0.5) is 0 Å². The van der Waals surface area contributed by atoms with Crippen molar-refractivity contribution in [3.05, 3.63) is 68.7 Å². The second-order valence-corrected chi connectivity index (χ2v) is 6.11. The van der Waals surface area contributed by atoms with Crippen LogP contribution in [-0.2, 0) is 9.53 Å². The van der Waals surface area contributed by atoms with Gasteiger partial charge in [-0.05, 0) is 42.0 Å². The lowest BCUT2D eigenvalue weighted by molar-refractivity contribution is -0.136. The van der Waals surface area contributed by atoms with Crippen molar-refractivity contribution in [1.82, 2.24) is 0 Å². The van der Waals surface area contributed by atoms with E-state index in [0.29, 0.717) is 31.9 Å². The van der Waals surface area contributed by atoms with E-state index in [2.05, 4.69) is 0 Å². The van der Waals surface area contributed by atoms with Crippen LogP contribution in [-0.4, -0.2) is 25.5 Å². The standard InChI is InChI=1S/C18H13Cl3O4/c1-24-17-6-4-12(9-15(17)21)16(22)10-25-18(23)7-3-11-2-5-13(19)14(20)8-11/h2-9H,10H2,1H3/b7-3+. The number of carbonyl (C=O) groups is 2. The fourth-order valence-electron chi connectivity index (χ4n) is 1.89. The lowest BCUT2D eigenvalue weighted by Gasteiger charge is -2.05. The van der Waals surface area contributed by atoms with Gasteiger partial charge in [-0.1, -0.05) is 40.9 Å². The third kappa shape index (κ3) is 5.49. The summed E-state index contributed by atoms with van der Waals surface area (Å²) in [5.41, 5.74) is 1.01. The van der Waals surface area contributed by atoms with Crippen molar-refractivity contribution in [2.75, 3.05) is 13.7 Å². The van der Waals surface area contributed by atoms with E-state index in [1.165, 1.54) is 25.3 Å². The molecule has 0 unspecified atom stereocenters. The summed E-state index contributed by atoms with van der Waals surface area (Å²) in [6.45, 7) is -0.396. The highest BCUT2D eigenvalue weighted by atomic mass is 35.5. The maximum absolute atomic E-state index is 12.0. The Morgan fingerprint density at radius 3 is 2.40 bits per heavy atom. The molecule has 0 saturated carbocycles. The van der Waals surface area contributed by atoms with Gasteiger partial charge >= 0.3 is 5.97 Å². The number of methoxy groups -OCH3 is 1. The Morgan fingerprint density at radius 2 is 1.76 bits per heavy atom. The van der Waals surface area contributed by atoms with Crippen molar-refractivity contribution < 1.29 is 19.1 Å². The zero-order chi connectivity index (χ0) is 18.4. The number of ketones is 1. The highest BCUT2D eigenvalue weighted by molar-refractivity contribution is 6.42. The molecule has 2 aromatic carbocycles. The number of Topliss-reactive ketones (excluding diaryl/α,β-unsaturated/α-hetero) is 1. The summed E-state index contributed by atoms with van der Waals surface area (Å²) in [6, 6.07) is 9.50. The molecule has 0 aliphatic rings. The van der Waals surface area contributed by atoms with E-state index in [0.717, 1.165) is 0 Å². The number of esters is 1.